The summed E-state index contributed by atoms with van der Waals surface area (Å²) in [6.07, 6.45) is -1.59. The van der Waals surface area contributed by atoms with Gasteiger partial charge in [-0.2, -0.15) is 0 Å². The van der Waals surface area contributed by atoms with Gasteiger partial charge >= 0.3 is 0 Å². The van der Waals surface area contributed by atoms with Crippen LogP contribution in [0.25, 0.3) is 43.6 Å². The molecule has 8 nitrogen and oxygen atoms in total. The minimum atomic E-state index is -1.11. The van der Waals surface area contributed by atoms with Crippen LogP contribution in [0.4, 0.5) is 0 Å². The van der Waals surface area contributed by atoms with E-state index in [0.717, 1.165) is 43.6 Å². The Balaban J connectivity index is 0.00000123. The van der Waals surface area contributed by atoms with Gasteiger partial charge in [0.15, 0.2) is 12.0 Å². The number of nitrogens with zero attached hydrogens (tertiary/aromatic N) is 2. The van der Waals surface area contributed by atoms with Crippen molar-refractivity contribution in [3.8, 4) is 0 Å². The minimum Gasteiger partial charge on any atom is -0.375 e. The number of amides is 1. The van der Waals surface area contributed by atoms with E-state index in [1.807, 2.05) is 63.2 Å². The van der Waals surface area contributed by atoms with Crippen molar-refractivity contribution < 1.29 is 19.4 Å². The SMILES string of the molecule is CC.COC1C(N)Cn2c3ccccc3c3c4c(c5c6ccccc6n(c5c32)C1(C)OC)C(O)NC4=O. The van der Waals surface area contributed by atoms with E-state index in [-0.39, 0.29) is 5.91 Å². The molecule has 2 aromatic heterocycles. The molecule has 0 radical (unpaired) electrons. The highest BCUT2D eigenvalue weighted by molar-refractivity contribution is 6.31. The second-order valence-corrected chi connectivity index (χ2v) is 9.67. The fraction of sp³-hybridized carbons (Fsp3) is 0.345. The number of fused-ring (bicyclic) bond motifs is 9. The molecular weight excluding hydrogens is 468 g/mol. The fourth-order valence-electron chi connectivity index (χ4n) is 6.66. The number of aliphatic hydroxyl groups excluding tert-OH is 1. The van der Waals surface area contributed by atoms with Crippen LogP contribution in [0.5, 0.6) is 0 Å². The van der Waals surface area contributed by atoms with Crippen LogP contribution in [-0.2, 0) is 21.7 Å². The number of aromatic nitrogens is 2. The lowest BCUT2D eigenvalue weighted by Crippen LogP contribution is -2.56. The quantitative estimate of drug-likeness (QED) is 0.335. The number of rotatable bonds is 2. The first-order valence-electron chi connectivity index (χ1n) is 12.7. The molecule has 0 spiro atoms. The van der Waals surface area contributed by atoms with Crippen molar-refractivity contribution >= 4 is 49.5 Å². The molecule has 0 saturated heterocycles. The van der Waals surface area contributed by atoms with E-state index < -0.39 is 24.1 Å². The summed E-state index contributed by atoms with van der Waals surface area (Å²) in [5.74, 6) is -0.273. The van der Waals surface area contributed by atoms with Crippen LogP contribution in [0, 0.1) is 0 Å². The lowest BCUT2D eigenvalue weighted by atomic mass is 9.95. The summed E-state index contributed by atoms with van der Waals surface area (Å²) in [6.45, 7) is 6.46. The summed E-state index contributed by atoms with van der Waals surface area (Å²) in [4.78, 5) is 13.3. The van der Waals surface area contributed by atoms with Crippen LogP contribution in [0.15, 0.2) is 48.5 Å². The van der Waals surface area contributed by atoms with Crippen LogP contribution in [0.3, 0.4) is 0 Å². The number of carbonyl (C=O) groups is 1. The van der Waals surface area contributed by atoms with E-state index in [0.29, 0.717) is 17.7 Å². The number of ether oxygens (including phenoxy) is 2. The third-order valence-electron chi connectivity index (χ3n) is 8.05. The zero-order valence-electron chi connectivity index (χ0n) is 21.7. The predicted molar refractivity (Wildman–Crippen MR) is 146 cm³/mol. The maximum absolute atomic E-state index is 13.3. The third kappa shape index (κ3) is 2.84. The molecule has 5 aromatic rings. The van der Waals surface area contributed by atoms with Crippen molar-refractivity contribution in [3.63, 3.8) is 0 Å². The molecule has 2 aliphatic rings. The highest BCUT2D eigenvalue weighted by Crippen LogP contribution is 2.49. The minimum absolute atomic E-state index is 0.273. The molecule has 7 rings (SSSR count). The molecule has 0 bridgehead atoms. The van der Waals surface area contributed by atoms with Gasteiger partial charge in [-0.3, -0.25) is 4.79 Å². The first-order valence-corrected chi connectivity index (χ1v) is 12.7. The maximum Gasteiger partial charge on any atom is 0.254 e. The fourth-order valence-corrected chi connectivity index (χ4v) is 6.66. The molecule has 0 fully saturated rings. The largest absolute Gasteiger partial charge is 0.375 e. The standard InChI is InChI=1S/C27H26N4O4.C2H6/c1-27(35-3)24(34-2)15(28)12-30-16-10-6-4-8-13(16)18-20-21(26(33)29-25(20)32)19-14-9-5-7-11-17(14)31(27)23(19)22(18)30;1-2/h4-11,15,24,26,33H,12,28H2,1-3H3,(H,29,32);1-2H3. The van der Waals surface area contributed by atoms with Crippen molar-refractivity contribution in [2.75, 3.05) is 14.2 Å². The van der Waals surface area contributed by atoms with Crippen molar-refractivity contribution in [1.29, 1.82) is 0 Å². The molecule has 37 heavy (non-hydrogen) atoms. The summed E-state index contributed by atoms with van der Waals surface area (Å²) in [5, 5.41) is 17.4. The van der Waals surface area contributed by atoms with Crippen LogP contribution in [-0.4, -0.2) is 46.5 Å². The van der Waals surface area contributed by atoms with E-state index in [2.05, 4.69) is 20.5 Å². The summed E-state index contributed by atoms with van der Waals surface area (Å²) in [6, 6.07) is 15.6. The van der Waals surface area contributed by atoms with Gasteiger partial charge in [-0.15, -0.1) is 0 Å². The molecule has 4 atom stereocenters. The van der Waals surface area contributed by atoms with E-state index in [9.17, 15) is 9.90 Å². The molecule has 4 heterocycles. The molecule has 192 valence electrons. The Bertz CT molecular complexity index is 1720. The number of hydrogen-bond acceptors (Lipinski definition) is 5. The van der Waals surface area contributed by atoms with Crippen LogP contribution in [0.2, 0.25) is 0 Å². The smallest absolute Gasteiger partial charge is 0.254 e. The Kier molecular flexibility index (Phi) is 5.36. The van der Waals surface area contributed by atoms with Crippen LogP contribution in [0.1, 0.15) is 42.9 Å². The normalized spacial score (nSPS) is 24.8. The first-order chi connectivity index (χ1) is 17.9. The van der Waals surface area contributed by atoms with E-state index in [1.165, 1.54) is 0 Å². The molecule has 0 aliphatic carbocycles. The van der Waals surface area contributed by atoms with Gasteiger partial charge in [-0.05, 0) is 19.1 Å². The zero-order chi connectivity index (χ0) is 26.2. The number of benzene rings is 3. The molecule has 3 aromatic carbocycles. The van der Waals surface area contributed by atoms with E-state index in [4.69, 9.17) is 15.2 Å². The Morgan fingerprint density at radius 3 is 2.27 bits per heavy atom. The molecule has 4 unspecified atom stereocenters. The highest BCUT2D eigenvalue weighted by Gasteiger charge is 2.46. The second kappa shape index (κ2) is 8.29. The second-order valence-electron chi connectivity index (χ2n) is 9.67. The molecule has 0 saturated carbocycles. The average molecular weight is 501 g/mol. The third-order valence-corrected chi connectivity index (χ3v) is 8.05. The zero-order valence-corrected chi connectivity index (χ0v) is 21.7. The summed E-state index contributed by atoms with van der Waals surface area (Å²) in [5.41, 5.74) is 10.7. The molecule has 2 aliphatic heterocycles. The van der Waals surface area contributed by atoms with Gasteiger partial charge in [-0.1, -0.05) is 50.2 Å². The Morgan fingerprint density at radius 1 is 1.00 bits per heavy atom. The van der Waals surface area contributed by atoms with Gasteiger partial charge in [-0.25, -0.2) is 0 Å². The molecule has 1 amide bonds. The Morgan fingerprint density at radius 2 is 1.62 bits per heavy atom. The summed E-state index contributed by atoms with van der Waals surface area (Å²) in [7, 11) is 3.33. The van der Waals surface area contributed by atoms with Gasteiger partial charge < -0.3 is 34.8 Å². The van der Waals surface area contributed by atoms with E-state index >= 15 is 0 Å². The van der Waals surface area contributed by atoms with Crippen molar-refractivity contribution in [3.05, 3.63) is 59.7 Å². The van der Waals surface area contributed by atoms with Gasteiger partial charge in [0.25, 0.3) is 5.91 Å². The number of methoxy groups -OCH3 is 2. The summed E-state index contributed by atoms with van der Waals surface area (Å²) < 4.78 is 16.6. The number of para-hydroxylation sites is 2. The highest BCUT2D eigenvalue weighted by atomic mass is 16.6. The Labute approximate surface area is 214 Å². The summed E-state index contributed by atoms with van der Waals surface area (Å²) >= 11 is 0. The molecular formula is C29H32N4O4. The van der Waals surface area contributed by atoms with Crippen molar-refractivity contribution in [1.82, 2.24) is 14.5 Å². The topological polar surface area (TPSA) is 104 Å². The average Bonchev–Trinajstić information content (AvgIpc) is 3.52. The van der Waals surface area contributed by atoms with Gasteiger partial charge in [0.1, 0.15) is 6.10 Å². The molecule has 4 N–H and O–H groups in total. The number of carbonyl (C=O) groups excluding carboxylic acids is 1. The van der Waals surface area contributed by atoms with Gasteiger partial charge in [0, 0.05) is 53.4 Å². The lowest BCUT2D eigenvalue weighted by molar-refractivity contribution is -0.163. The predicted octanol–water partition coefficient (Wildman–Crippen LogP) is 4.34. The van der Waals surface area contributed by atoms with Crippen molar-refractivity contribution in [2.45, 2.75) is 51.4 Å². The first kappa shape index (κ1) is 23.9. The van der Waals surface area contributed by atoms with Gasteiger partial charge in [0.05, 0.1) is 28.2 Å². The van der Waals surface area contributed by atoms with E-state index in [1.54, 1.807) is 14.2 Å². The number of aliphatic hydroxyl groups is 1. The number of nitrogens with two attached hydrogens (primary N) is 1. The monoisotopic (exact) mass is 500 g/mol. The Hall–Kier alpha value is -3.43. The van der Waals surface area contributed by atoms with Crippen molar-refractivity contribution in [2.24, 2.45) is 5.73 Å². The van der Waals surface area contributed by atoms with Gasteiger partial charge in [0.2, 0.25) is 0 Å². The van der Waals surface area contributed by atoms with Crippen LogP contribution < -0.4 is 11.1 Å². The number of hydrogen-bond donors (Lipinski definition) is 3. The molecule has 8 heteroatoms. The van der Waals surface area contributed by atoms with Crippen LogP contribution >= 0.6 is 0 Å². The lowest BCUT2D eigenvalue weighted by Gasteiger charge is -2.42. The maximum atomic E-state index is 13.3. The number of nitrogens with one attached hydrogen (secondary N) is 1.